The second-order valence-electron chi connectivity index (χ2n) is 6.80. The first kappa shape index (κ1) is 22.1. The second-order valence-corrected chi connectivity index (χ2v) is 7.72. The third-order valence-corrected chi connectivity index (χ3v) is 4.80. The van der Waals surface area contributed by atoms with E-state index in [0.29, 0.717) is 10.0 Å². The number of hydrogen-bond acceptors (Lipinski definition) is 5. The number of hydrogen-bond donors (Lipinski definition) is 1. The molecule has 150 valence electrons. The Kier molecular flexibility index (Phi) is 8.20. The van der Waals surface area contributed by atoms with Crippen LogP contribution in [0.5, 0.6) is 11.5 Å². The van der Waals surface area contributed by atoms with Gasteiger partial charge >= 0.3 is 5.97 Å². The number of phenols is 1. The first-order valence-electron chi connectivity index (χ1n) is 9.43. The molecule has 0 aromatic heterocycles. The van der Waals surface area contributed by atoms with Gasteiger partial charge in [0.1, 0.15) is 0 Å². The fourth-order valence-corrected chi connectivity index (χ4v) is 2.99. The molecule has 0 aliphatic heterocycles. The lowest BCUT2D eigenvalue weighted by molar-refractivity contribution is -0.137. The van der Waals surface area contributed by atoms with Gasteiger partial charge in [-0.15, -0.1) is 0 Å². The number of nitrogens with zero attached hydrogens (tertiary/aromatic N) is 2. The summed E-state index contributed by atoms with van der Waals surface area (Å²) in [6.07, 6.45) is 1.56. The third-order valence-electron chi connectivity index (χ3n) is 4.34. The molecule has 0 aliphatic carbocycles. The summed E-state index contributed by atoms with van der Waals surface area (Å²) < 4.78 is 5.96. The number of carbonyl (C=O) groups excluding carboxylic acids is 1. The molecule has 0 saturated heterocycles. The monoisotopic (exact) mass is 446 g/mol. The van der Waals surface area contributed by atoms with Crippen molar-refractivity contribution >= 4 is 33.8 Å². The quantitative estimate of drug-likeness (QED) is 0.339. The molecule has 0 spiro atoms. The normalized spacial score (nSPS) is 11.5. The molecule has 2 rings (SSSR count). The Morgan fingerprint density at radius 2 is 1.86 bits per heavy atom. The van der Waals surface area contributed by atoms with Crippen LogP contribution in [0.15, 0.2) is 45.9 Å². The first-order valence-corrected chi connectivity index (χ1v) is 10.2. The van der Waals surface area contributed by atoms with E-state index in [9.17, 15) is 9.90 Å². The topological polar surface area (TPSA) is 62.1 Å². The van der Waals surface area contributed by atoms with Gasteiger partial charge in [-0.3, -0.25) is 14.7 Å². The van der Waals surface area contributed by atoms with Crippen LogP contribution < -0.4 is 4.74 Å². The van der Waals surface area contributed by atoms with Crippen LogP contribution >= 0.6 is 15.9 Å². The lowest BCUT2D eigenvalue weighted by Crippen LogP contribution is -2.21. The van der Waals surface area contributed by atoms with Crippen molar-refractivity contribution in [3.63, 3.8) is 0 Å². The number of phenolic OH excluding ortho intramolecular Hbond substituents is 1. The summed E-state index contributed by atoms with van der Waals surface area (Å²) in [7, 11) is 0. The molecule has 5 nitrogen and oxygen atoms in total. The van der Waals surface area contributed by atoms with Crippen LogP contribution in [0.3, 0.4) is 0 Å². The van der Waals surface area contributed by atoms with E-state index in [1.165, 1.54) is 5.56 Å². The number of esters is 1. The highest BCUT2D eigenvalue weighted by atomic mass is 79.9. The fourth-order valence-electron chi connectivity index (χ4n) is 2.53. The van der Waals surface area contributed by atoms with Gasteiger partial charge in [0.15, 0.2) is 11.5 Å². The van der Waals surface area contributed by atoms with Gasteiger partial charge in [0.2, 0.25) is 0 Å². The minimum atomic E-state index is -0.403. The summed E-state index contributed by atoms with van der Waals surface area (Å²) in [6.45, 7) is 10.7. The number of aromatic hydroxyl groups is 1. The van der Waals surface area contributed by atoms with Crippen LogP contribution in [0.4, 0.5) is 5.69 Å². The van der Waals surface area contributed by atoms with Crippen molar-refractivity contribution in [2.75, 3.05) is 13.1 Å². The van der Waals surface area contributed by atoms with Crippen LogP contribution in [-0.4, -0.2) is 35.3 Å². The van der Waals surface area contributed by atoms with Crippen molar-refractivity contribution in [1.29, 1.82) is 0 Å². The van der Waals surface area contributed by atoms with E-state index in [-0.39, 0.29) is 17.4 Å². The van der Waals surface area contributed by atoms with Crippen molar-refractivity contribution in [3.8, 4) is 11.5 Å². The number of ether oxygens (including phenoxy) is 1. The maximum atomic E-state index is 11.8. The molecule has 28 heavy (non-hydrogen) atoms. The van der Waals surface area contributed by atoms with Gasteiger partial charge in [-0.2, -0.15) is 0 Å². The molecule has 0 amide bonds. The standard InChI is InChI=1S/C22H27BrN2O3/c1-5-25(6-2)14-16-7-9-19(10-8-16)24-13-17-11-18(23)12-20(21(17)26)28-22(27)15(3)4/h7-13,15,26H,5-6,14H2,1-4H3. The lowest BCUT2D eigenvalue weighted by Gasteiger charge is -2.17. The molecule has 0 atom stereocenters. The number of aliphatic imine (C=N–C) groups is 1. The first-order chi connectivity index (χ1) is 13.3. The molecular weight excluding hydrogens is 420 g/mol. The molecule has 0 bridgehead atoms. The zero-order chi connectivity index (χ0) is 20.7. The Balaban J connectivity index is 2.17. The lowest BCUT2D eigenvalue weighted by atomic mass is 10.2. The van der Waals surface area contributed by atoms with Crippen LogP contribution in [0.1, 0.15) is 38.8 Å². The number of rotatable bonds is 8. The Bertz CT molecular complexity index is 828. The predicted octanol–water partition coefficient (Wildman–Crippen LogP) is 5.31. The molecule has 1 N–H and O–H groups in total. The fraction of sp³-hybridized carbons (Fsp3) is 0.364. The number of benzene rings is 2. The van der Waals surface area contributed by atoms with E-state index >= 15 is 0 Å². The largest absolute Gasteiger partial charge is 0.504 e. The molecule has 2 aromatic rings. The van der Waals surface area contributed by atoms with Crippen LogP contribution in [-0.2, 0) is 11.3 Å². The van der Waals surface area contributed by atoms with Gasteiger partial charge in [-0.1, -0.05) is 55.8 Å². The van der Waals surface area contributed by atoms with Crippen molar-refractivity contribution in [3.05, 3.63) is 52.0 Å². The van der Waals surface area contributed by atoms with Gasteiger partial charge in [0.05, 0.1) is 11.6 Å². The van der Waals surface area contributed by atoms with Crippen LogP contribution in [0, 0.1) is 5.92 Å². The Labute approximate surface area is 175 Å². The summed E-state index contributed by atoms with van der Waals surface area (Å²) >= 11 is 3.38. The van der Waals surface area contributed by atoms with Crippen molar-refractivity contribution in [2.24, 2.45) is 10.9 Å². The average Bonchev–Trinajstić information content (AvgIpc) is 2.68. The number of carbonyl (C=O) groups is 1. The average molecular weight is 447 g/mol. The van der Waals surface area contributed by atoms with Gasteiger partial charge in [0.25, 0.3) is 0 Å². The summed E-state index contributed by atoms with van der Waals surface area (Å²) in [5, 5.41) is 10.4. The van der Waals surface area contributed by atoms with Gasteiger partial charge in [-0.05, 0) is 42.9 Å². The highest BCUT2D eigenvalue weighted by Crippen LogP contribution is 2.33. The maximum Gasteiger partial charge on any atom is 0.313 e. The second kappa shape index (κ2) is 10.4. The van der Waals surface area contributed by atoms with Crippen LogP contribution in [0.2, 0.25) is 0 Å². The minimum absolute atomic E-state index is 0.112. The Morgan fingerprint density at radius 1 is 1.21 bits per heavy atom. The minimum Gasteiger partial charge on any atom is -0.504 e. The van der Waals surface area contributed by atoms with E-state index in [0.717, 1.165) is 25.3 Å². The zero-order valence-electron chi connectivity index (χ0n) is 16.8. The highest BCUT2D eigenvalue weighted by Gasteiger charge is 2.15. The molecular formula is C22H27BrN2O3. The summed E-state index contributed by atoms with van der Waals surface area (Å²) in [6, 6.07) is 11.3. The summed E-state index contributed by atoms with van der Waals surface area (Å²) in [5.74, 6) is -0.686. The summed E-state index contributed by atoms with van der Waals surface area (Å²) in [4.78, 5) is 18.6. The molecule has 0 fully saturated rings. The van der Waals surface area contributed by atoms with Crippen molar-refractivity contribution < 1.29 is 14.6 Å². The van der Waals surface area contributed by atoms with Crippen LogP contribution in [0.25, 0.3) is 0 Å². The van der Waals surface area contributed by atoms with Gasteiger partial charge in [-0.25, -0.2) is 0 Å². The molecule has 0 heterocycles. The molecule has 0 unspecified atom stereocenters. The van der Waals surface area contributed by atoms with E-state index in [2.05, 4.69) is 51.8 Å². The van der Waals surface area contributed by atoms with E-state index in [4.69, 9.17) is 4.74 Å². The van der Waals surface area contributed by atoms with Gasteiger partial charge < -0.3 is 9.84 Å². The number of halogens is 1. The summed E-state index contributed by atoms with van der Waals surface area (Å²) in [5.41, 5.74) is 2.48. The van der Waals surface area contributed by atoms with E-state index in [1.807, 2.05) is 12.1 Å². The smallest absolute Gasteiger partial charge is 0.313 e. The highest BCUT2D eigenvalue weighted by molar-refractivity contribution is 9.10. The Morgan fingerprint density at radius 3 is 2.43 bits per heavy atom. The van der Waals surface area contributed by atoms with E-state index in [1.54, 1.807) is 32.2 Å². The molecule has 6 heteroatoms. The molecule has 0 radical (unpaired) electrons. The maximum absolute atomic E-state index is 11.8. The predicted molar refractivity (Wildman–Crippen MR) is 117 cm³/mol. The van der Waals surface area contributed by atoms with Gasteiger partial charge in [0, 0.05) is 22.8 Å². The van der Waals surface area contributed by atoms with E-state index < -0.39 is 5.97 Å². The third kappa shape index (κ3) is 6.17. The molecule has 2 aromatic carbocycles. The molecule has 0 aliphatic rings. The Hall–Kier alpha value is -2.18. The van der Waals surface area contributed by atoms with Crippen molar-refractivity contribution in [1.82, 2.24) is 4.90 Å². The zero-order valence-corrected chi connectivity index (χ0v) is 18.4. The molecule has 0 saturated carbocycles. The SMILES string of the molecule is CCN(CC)Cc1ccc(N=Cc2cc(Br)cc(OC(=O)C(C)C)c2O)cc1. The van der Waals surface area contributed by atoms with Crippen molar-refractivity contribution in [2.45, 2.75) is 34.2 Å².